The van der Waals surface area contributed by atoms with Crippen LogP contribution in [0.3, 0.4) is 0 Å². The Hall–Kier alpha value is -0.710. The minimum atomic E-state index is -2.49. The highest BCUT2D eigenvalue weighted by Gasteiger charge is 2.14. The third kappa shape index (κ3) is 3.40. The van der Waals surface area contributed by atoms with Crippen LogP contribution < -0.4 is 5.32 Å². The van der Waals surface area contributed by atoms with Crippen molar-refractivity contribution in [2.75, 3.05) is 5.32 Å². The summed E-state index contributed by atoms with van der Waals surface area (Å²) >= 11 is 3.06. The molecule has 0 aliphatic carbocycles. The minimum Gasteiger partial charge on any atom is -0.367 e. The van der Waals surface area contributed by atoms with Crippen LogP contribution in [0.25, 0.3) is 0 Å². The first kappa shape index (κ1) is 13.4. The molecule has 1 unspecified atom stereocenters. The van der Waals surface area contributed by atoms with Gasteiger partial charge in [-0.3, -0.25) is 0 Å². The van der Waals surface area contributed by atoms with Crippen molar-refractivity contribution >= 4 is 21.7 Å². The fourth-order valence-electron chi connectivity index (χ4n) is 1.10. The van der Waals surface area contributed by atoms with Crippen molar-refractivity contribution in [1.82, 2.24) is 4.98 Å². The molecule has 0 aliphatic heterocycles. The Morgan fingerprint density at radius 1 is 1.31 bits per heavy atom. The van der Waals surface area contributed by atoms with Crippen molar-refractivity contribution in [1.29, 1.82) is 0 Å². The van der Waals surface area contributed by atoms with E-state index in [9.17, 15) is 8.78 Å². The summed E-state index contributed by atoms with van der Waals surface area (Å²) in [6.45, 7) is 6.12. The maximum Gasteiger partial charge on any atom is 0.265 e. The molecule has 5 heteroatoms. The van der Waals surface area contributed by atoms with Crippen molar-refractivity contribution in [2.45, 2.75) is 33.2 Å². The van der Waals surface area contributed by atoms with Gasteiger partial charge in [0.1, 0.15) is 5.82 Å². The Bertz CT molecular complexity index is 356. The van der Waals surface area contributed by atoms with E-state index in [1.807, 2.05) is 6.92 Å². The van der Waals surface area contributed by atoms with Gasteiger partial charge in [0.15, 0.2) is 0 Å². The summed E-state index contributed by atoms with van der Waals surface area (Å²) in [4.78, 5) is 4.05. The molecule has 0 saturated heterocycles. The fourth-order valence-corrected chi connectivity index (χ4v) is 1.49. The zero-order valence-corrected chi connectivity index (χ0v) is 11.1. The molecule has 1 aromatic heterocycles. The smallest absolute Gasteiger partial charge is 0.265 e. The van der Waals surface area contributed by atoms with Gasteiger partial charge in [0.05, 0.1) is 0 Å². The van der Waals surface area contributed by atoms with Crippen molar-refractivity contribution in [3.63, 3.8) is 0 Å². The first-order chi connectivity index (χ1) is 7.41. The molecular formula is C11H15BrF2N2. The molecule has 0 radical (unpaired) electrons. The quantitative estimate of drug-likeness (QED) is 0.898. The lowest BCUT2D eigenvalue weighted by Gasteiger charge is -2.18. The highest BCUT2D eigenvalue weighted by molar-refractivity contribution is 9.10. The molecule has 0 spiro atoms. The predicted octanol–water partition coefficient (Wildman–Crippen LogP) is 4.24. The highest BCUT2D eigenvalue weighted by atomic mass is 79.9. The predicted molar refractivity (Wildman–Crippen MR) is 64.8 cm³/mol. The minimum absolute atomic E-state index is 0.0338. The summed E-state index contributed by atoms with van der Waals surface area (Å²) in [6.07, 6.45) is -1.09. The highest BCUT2D eigenvalue weighted by Crippen LogP contribution is 2.28. The lowest BCUT2D eigenvalue weighted by Crippen LogP contribution is -2.22. The largest absolute Gasteiger partial charge is 0.367 e. The lowest BCUT2D eigenvalue weighted by atomic mass is 10.1. The molecule has 0 aliphatic rings. The van der Waals surface area contributed by atoms with E-state index in [0.717, 1.165) is 0 Å². The Morgan fingerprint density at radius 2 is 1.94 bits per heavy atom. The zero-order chi connectivity index (χ0) is 12.3. The molecule has 1 N–H and O–H groups in total. The SMILES string of the molecule is CC(C)C(C)Nc1cc(C(F)F)c(Br)cn1. The second-order valence-corrected chi connectivity index (χ2v) is 4.92. The average Bonchev–Trinajstić information content (AvgIpc) is 2.20. The average molecular weight is 293 g/mol. The van der Waals surface area contributed by atoms with Crippen LogP contribution in [0, 0.1) is 5.92 Å². The first-order valence-electron chi connectivity index (χ1n) is 5.12. The summed E-state index contributed by atoms with van der Waals surface area (Å²) < 4.78 is 25.6. The Kier molecular flexibility index (Phi) is 4.65. The number of nitrogens with one attached hydrogen (secondary N) is 1. The van der Waals surface area contributed by atoms with Gasteiger partial charge in [-0.15, -0.1) is 0 Å². The Labute approximate surface area is 103 Å². The van der Waals surface area contributed by atoms with E-state index in [2.05, 4.69) is 40.1 Å². The van der Waals surface area contributed by atoms with Crippen LogP contribution in [0.5, 0.6) is 0 Å². The fraction of sp³-hybridized carbons (Fsp3) is 0.545. The molecule has 1 rings (SSSR count). The third-order valence-corrected chi connectivity index (χ3v) is 3.16. The molecule has 90 valence electrons. The second kappa shape index (κ2) is 5.57. The van der Waals surface area contributed by atoms with Gasteiger partial charge < -0.3 is 5.32 Å². The molecule has 0 aromatic carbocycles. The van der Waals surface area contributed by atoms with Gasteiger partial charge in [0.25, 0.3) is 6.43 Å². The van der Waals surface area contributed by atoms with E-state index >= 15 is 0 Å². The van der Waals surface area contributed by atoms with Crippen LogP contribution in [0.2, 0.25) is 0 Å². The molecule has 1 atom stereocenters. The standard InChI is InChI=1S/C11H15BrF2N2/c1-6(2)7(3)16-10-4-8(11(13)14)9(12)5-15-10/h4-7,11H,1-3H3,(H,15,16). The number of nitrogens with zero attached hydrogens (tertiary/aromatic N) is 1. The summed E-state index contributed by atoms with van der Waals surface area (Å²) in [6, 6.07) is 1.58. The van der Waals surface area contributed by atoms with E-state index < -0.39 is 6.43 Å². The van der Waals surface area contributed by atoms with Crippen LogP contribution in [0.15, 0.2) is 16.7 Å². The van der Waals surface area contributed by atoms with E-state index in [4.69, 9.17) is 0 Å². The number of rotatable bonds is 4. The van der Waals surface area contributed by atoms with Crippen LogP contribution in [0.1, 0.15) is 32.8 Å². The molecule has 2 nitrogen and oxygen atoms in total. The van der Waals surface area contributed by atoms with E-state index in [1.54, 1.807) is 0 Å². The number of anilines is 1. The molecule has 0 bridgehead atoms. The lowest BCUT2D eigenvalue weighted by molar-refractivity contribution is 0.150. The second-order valence-electron chi connectivity index (χ2n) is 4.07. The van der Waals surface area contributed by atoms with Gasteiger partial charge in [-0.25, -0.2) is 13.8 Å². The molecular weight excluding hydrogens is 278 g/mol. The van der Waals surface area contributed by atoms with Crippen LogP contribution >= 0.6 is 15.9 Å². The maximum atomic E-state index is 12.6. The number of halogens is 3. The molecule has 1 aromatic rings. The van der Waals surface area contributed by atoms with Gasteiger partial charge in [-0.05, 0) is 34.8 Å². The molecule has 0 fully saturated rings. The number of pyridine rings is 1. The Balaban J connectivity index is 2.87. The van der Waals surface area contributed by atoms with E-state index in [1.165, 1.54) is 12.3 Å². The summed E-state index contributed by atoms with van der Waals surface area (Å²) in [5, 5.41) is 3.10. The van der Waals surface area contributed by atoms with Crippen LogP contribution in [0.4, 0.5) is 14.6 Å². The number of alkyl halides is 2. The van der Waals surface area contributed by atoms with Crippen molar-refractivity contribution in [3.8, 4) is 0 Å². The van der Waals surface area contributed by atoms with Gasteiger partial charge in [0, 0.05) is 22.3 Å². The van der Waals surface area contributed by atoms with E-state index in [0.29, 0.717) is 16.2 Å². The molecule has 0 amide bonds. The topological polar surface area (TPSA) is 24.9 Å². The number of hydrogen-bond donors (Lipinski definition) is 1. The molecule has 16 heavy (non-hydrogen) atoms. The summed E-state index contributed by atoms with van der Waals surface area (Å²) in [7, 11) is 0. The van der Waals surface area contributed by atoms with Gasteiger partial charge >= 0.3 is 0 Å². The monoisotopic (exact) mass is 292 g/mol. The summed E-state index contributed by atoms with van der Waals surface area (Å²) in [5.74, 6) is 0.903. The zero-order valence-electron chi connectivity index (χ0n) is 9.47. The number of aromatic nitrogens is 1. The Morgan fingerprint density at radius 3 is 2.44 bits per heavy atom. The van der Waals surface area contributed by atoms with Gasteiger partial charge in [-0.1, -0.05) is 13.8 Å². The van der Waals surface area contributed by atoms with Crippen LogP contribution in [-0.4, -0.2) is 11.0 Å². The van der Waals surface area contributed by atoms with Crippen molar-refractivity contribution in [3.05, 3.63) is 22.3 Å². The number of hydrogen-bond acceptors (Lipinski definition) is 2. The normalized spacial score (nSPS) is 13.2. The van der Waals surface area contributed by atoms with Gasteiger partial charge in [-0.2, -0.15) is 0 Å². The van der Waals surface area contributed by atoms with Crippen LogP contribution in [-0.2, 0) is 0 Å². The van der Waals surface area contributed by atoms with Gasteiger partial charge in [0.2, 0.25) is 0 Å². The third-order valence-electron chi connectivity index (χ3n) is 2.50. The summed E-state index contributed by atoms with van der Waals surface area (Å²) in [5.41, 5.74) is -0.0338. The maximum absolute atomic E-state index is 12.6. The van der Waals surface area contributed by atoms with Crippen molar-refractivity contribution < 1.29 is 8.78 Å². The molecule has 0 saturated carbocycles. The first-order valence-corrected chi connectivity index (χ1v) is 5.91. The van der Waals surface area contributed by atoms with E-state index in [-0.39, 0.29) is 11.6 Å². The van der Waals surface area contributed by atoms with Crippen molar-refractivity contribution in [2.24, 2.45) is 5.92 Å². The molecule has 1 heterocycles.